The third-order valence-electron chi connectivity index (χ3n) is 3.27. The minimum absolute atomic E-state index is 0.383. The molecule has 0 bridgehead atoms. The van der Waals surface area contributed by atoms with Gasteiger partial charge in [0.15, 0.2) is 0 Å². The third kappa shape index (κ3) is 2.85. The van der Waals surface area contributed by atoms with Gasteiger partial charge in [0.1, 0.15) is 17.3 Å². The Hall–Kier alpha value is -2.46. The molecule has 0 saturated heterocycles. The van der Waals surface area contributed by atoms with Crippen molar-refractivity contribution in [3.8, 4) is 5.75 Å². The lowest BCUT2D eigenvalue weighted by atomic mass is 10.1. The third-order valence-corrected chi connectivity index (χ3v) is 3.49. The molecule has 0 fully saturated rings. The first kappa shape index (κ1) is 13.5. The Morgan fingerprint density at radius 3 is 2.76 bits per heavy atom. The zero-order chi connectivity index (χ0) is 14.7. The van der Waals surface area contributed by atoms with Gasteiger partial charge in [0.05, 0.1) is 5.52 Å². The molecule has 3 rings (SSSR count). The summed E-state index contributed by atoms with van der Waals surface area (Å²) in [5.74, 6) is 0.804. The van der Waals surface area contributed by atoms with Crippen LogP contribution < -0.4 is 10.5 Å². The van der Waals surface area contributed by atoms with Crippen molar-refractivity contribution in [3.63, 3.8) is 0 Å². The van der Waals surface area contributed by atoms with Gasteiger partial charge in [-0.15, -0.1) is 0 Å². The highest BCUT2D eigenvalue weighted by molar-refractivity contribution is 7.80. The molecule has 0 unspecified atom stereocenters. The molecule has 3 nitrogen and oxygen atoms in total. The summed E-state index contributed by atoms with van der Waals surface area (Å²) in [6, 6.07) is 17.5. The van der Waals surface area contributed by atoms with Crippen LogP contribution in [0.15, 0.2) is 60.8 Å². The van der Waals surface area contributed by atoms with E-state index in [1.807, 2.05) is 54.6 Å². The van der Waals surface area contributed by atoms with Crippen LogP contribution in [0.5, 0.6) is 5.75 Å². The first-order valence-electron chi connectivity index (χ1n) is 6.60. The number of aromatic nitrogens is 1. The second-order valence-corrected chi connectivity index (χ2v) is 5.08. The minimum Gasteiger partial charge on any atom is -0.488 e. The Balaban J connectivity index is 1.89. The highest BCUT2D eigenvalue weighted by Crippen LogP contribution is 2.25. The molecule has 0 radical (unpaired) electrons. The standard InChI is InChI=1S/C17H14N2OS/c18-17(21)13-6-2-1-5-12(13)11-20-16-9-3-8-15-14(16)7-4-10-19-15/h1-10H,11H2,(H2,18,21). The van der Waals surface area contributed by atoms with Crippen molar-refractivity contribution in [2.24, 2.45) is 5.73 Å². The van der Waals surface area contributed by atoms with Crippen LogP contribution in [0.3, 0.4) is 0 Å². The molecule has 0 aliphatic carbocycles. The quantitative estimate of drug-likeness (QED) is 0.749. The van der Waals surface area contributed by atoms with Gasteiger partial charge in [-0.05, 0) is 29.8 Å². The summed E-state index contributed by atoms with van der Waals surface area (Å²) in [6.07, 6.45) is 1.77. The van der Waals surface area contributed by atoms with Crippen molar-refractivity contribution in [2.45, 2.75) is 6.61 Å². The van der Waals surface area contributed by atoms with E-state index in [4.69, 9.17) is 22.7 Å². The van der Waals surface area contributed by atoms with Crippen LogP contribution >= 0.6 is 12.2 Å². The number of fused-ring (bicyclic) bond motifs is 1. The Bertz CT molecular complexity index is 796. The lowest BCUT2D eigenvalue weighted by molar-refractivity contribution is 0.310. The fraction of sp³-hybridized carbons (Fsp3) is 0.0588. The SMILES string of the molecule is NC(=S)c1ccccc1COc1cccc2ncccc12. The number of thiocarbonyl (C=S) groups is 1. The van der Waals surface area contributed by atoms with Gasteiger partial charge < -0.3 is 10.5 Å². The predicted octanol–water partition coefficient (Wildman–Crippen LogP) is 3.45. The number of hydrogen-bond acceptors (Lipinski definition) is 3. The van der Waals surface area contributed by atoms with Gasteiger partial charge in [-0.2, -0.15) is 0 Å². The lowest BCUT2D eigenvalue weighted by Crippen LogP contribution is -2.13. The molecule has 1 heterocycles. The van der Waals surface area contributed by atoms with E-state index in [0.717, 1.165) is 27.8 Å². The number of rotatable bonds is 4. The highest BCUT2D eigenvalue weighted by atomic mass is 32.1. The smallest absolute Gasteiger partial charge is 0.129 e. The van der Waals surface area contributed by atoms with Gasteiger partial charge in [0.25, 0.3) is 0 Å². The van der Waals surface area contributed by atoms with Crippen LogP contribution in [-0.4, -0.2) is 9.97 Å². The second-order valence-electron chi connectivity index (χ2n) is 4.64. The highest BCUT2D eigenvalue weighted by Gasteiger charge is 2.07. The number of pyridine rings is 1. The van der Waals surface area contributed by atoms with E-state index in [0.29, 0.717) is 11.6 Å². The molecule has 21 heavy (non-hydrogen) atoms. The maximum atomic E-state index is 5.94. The van der Waals surface area contributed by atoms with E-state index in [1.54, 1.807) is 6.20 Å². The van der Waals surface area contributed by atoms with E-state index < -0.39 is 0 Å². The van der Waals surface area contributed by atoms with Gasteiger partial charge in [-0.1, -0.05) is 42.5 Å². The fourth-order valence-corrected chi connectivity index (χ4v) is 2.44. The molecular weight excluding hydrogens is 280 g/mol. The molecule has 0 atom stereocenters. The van der Waals surface area contributed by atoms with Crippen LogP contribution in [0.25, 0.3) is 10.9 Å². The molecular formula is C17H14N2OS. The van der Waals surface area contributed by atoms with Crippen molar-refractivity contribution >= 4 is 28.1 Å². The van der Waals surface area contributed by atoms with Crippen molar-refractivity contribution < 1.29 is 4.74 Å². The molecule has 0 amide bonds. The molecule has 0 aliphatic rings. The van der Waals surface area contributed by atoms with Gasteiger partial charge >= 0.3 is 0 Å². The first-order chi connectivity index (χ1) is 10.3. The van der Waals surface area contributed by atoms with Crippen LogP contribution in [0, 0.1) is 0 Å². The van der Waals surface area contributed by atoms with Crippen molar-refractivity contribution in [1.82, 2.24) is 4.98 Å². The number of ether oxygens (including phenoxy) is 1. The molecule has 2 aromatic carbocycles. The maximum Gasteiger partial charge on any atom is 0.129 e. The largest absolute Gasteiger partial charge is 0.488 e. The summed E-state index contributed by atoms with van der Waals surface area (Å²) in [5, 5.41) is 0.993. The predicted molar refractivity (Wildman–Crippen MR) is 88.4 cm³/mol. The first-order valence-corrected chi connectivity index (χ1v) is 7.01. The van der Waals surface area contributed by atoms with Crippen molar-refractivity contribution in [3.05, 3.63) is 71.9 Å². The topological polar surface area (TPSA) is 48.1 Å². The summed E-state index contributed by atoms with van der Waals surface area (Å²) in [5.41, 5.74) is 8.48. The van der Waals surface area contributed by atoms with Crippen LogP contribution in [0.1, 0.15) is 11.1 Å². The van der Waals surface area contributed by atoms with E-state index in [1.165, 1.54) is 0 Å². The molecule has 0 aliphatic heterocycles. The summed E-state index contributed by atoms with van der Waals surface area (Å²) < 4.78 is 5.94. The van der Waals surface area contributed by atoms with E-state index in [9.17, 15) is 0 Å². The number of benzene rings is 2. The molecule has 0 saturated carbocycles. The summed E-state index contributed by atoms with van der Waals surface area (Å²) in [6.45, 7) is 0.418. The van der Waals surface area contributed by atoms with Gasteiger partial charge in [0.2, 0.25) is 0 Å². The Kier molecular flexibility index (Phi) is 3.79. The number of hydrogen-bond donors (Lipinski definition) is 1. The maximum absolute atomic E-state index is 5.94. The molecule has 104 valence electrons. The Labute approximate surface area is 128 Å². The lowest BCUT2D eigenvalue weighted by Gasteiger charge is -2.11. The van der Waals surface area contributed by atoms with Gasteiger partial charge in [-0.25, -0.2) is 0 Å². The zero-order valence-corrected chi connectivity index (χ0v) is 12.1. The molecule has 1 aromatic heterocycles. The summed E-state index contributed by atoms with van der Waals surface area (Å²) >= 11 is 5.07. The fourth-order valence-electron chi connectivity index (χ4n) is 2.24. The zero-order valence-electron chi connectivity index (χ0n) is 11.3. The summed E-state index contributed by atoms with van der Waals surface area (Å²) in [7, 11) is 0. The number of nitrogens with two attached hydrogens (primary N) is 1. The average molecular weight is 294 g/mol. The summed E-state index contributed by atoms with van der Waals surface area (Å²) in [4.78, 5) is 4.70. The number of nitrogens with zero attached hydrogens (tertiary/aromatic N) is 1. The van der Waals surface area contributed by atoms with Gasteiger partial charge in [0, 0.05) is 17.1 Å². The van der Waals surface area contributed by atoms with E-state index >= 15 is 0 Å². The van der Waals surface area contributed by atoms with Gasteiger partial charge in [-0.3, -0.25) is 4.98 Å². The minimum atomic E-state index is 0.383. The Morgan fingerprint density at radius 2 is 1.90 bits per heavy atom. The monoisotopic (exact) mass is 294 g/mol. The van der Waals surface area contributed by atoms with E-state index in [2.05, 4.69) is 4.98 Å². The molecule has 3 aromatic rings. The second kappa shape index (κ2) is 5.89. The molecule has 4 heteroatoms. The normalized spacial score (nSPS) is 10.5. The van der Waals surface area contributed by atoms with Crippen LogP contribution in [0.4, 0.5) is 0 Å². The van der Waals surface area contributed by atoms with E-state index in [-0.39, 0.29) is 0 Å². The van der Waals surface area contributed by atoms with Crippen LogP contribution in [0.2, 0.25) is 0 Å². The van der Waals surface area contributed by atoms with Crippen molar-refractivity contribution in [1.29, 1.82) is 0 Å². The Morgan fingerprint density at radius 1 is 1.05 bits per heavy atom. The van der Waals surface area contributed by atoms with Crippen molar-refractivity contribution in [2.75, 3.05) is 0 Å². The van der Waals surface area contributed by atoms with Crippen LogP contribution in [-0.2, 0) is 6.61 Å². The average Bonchev–Trinajstić information content (AvgIpc) is 2.53. The molecule has 0 spiro atoms. The molecule has 2 N–H and O–H groups in total.